The van der Waals surface area contributed by atoms with Crippen molar-refractivity contribution in [2.45, 2.75) is 30.6 Å². The van der Waals surface area contributed by atoms with Gasteiger partial charge in [0.1, 0.15) is 11.5 Å². The summed E-state index contributed by atoms with van der Waals surface area (Å²) in [5, 5.41) is 0. The summed E-state index contributed by atoms with van der Waals surface area (Å²) in [6.45, 7) is 3.46. The van der Waals surface area contributed by atoms with Crippen LogP contribution < -0.4 is 4.74 Å². The molecule has 3 nitrogen and oxygen atoms in total. The van der Waals surface area contributed by atoms with Gasteiger partial charge in [0.15, 0.2) is 0 Å². The molecule has 1 aromatic heterocycles. The Kier molecular flexibility index (Phi) is 6.81. The van der Waals surface area contributed by atoms with Crippen molar-refractivity contribution in [3.05, 3.63) is 72.0 Å². The van der Waals surface area contributed by atoms with Crippen LogP contribution in [-0.2, 0) is 17.1 Å². The smallest absolute Gasteiger partial charge is 0.138 e. The molecule has 26 heavy (non-hydrogen) atoms. The Balaban J connectivity index is 1.84. The Bertz CT molecular complexity index is 794. The zero-order valence-corrected chi connectivity index (χ0v) is 16.1. The predicted octanol–water partition coefficient (Wildman–Crippen LogP) is 6.17. The van der Waals surface area contributed by atoms with Crippen LogP contribution in [0.15, 0.2) is 70.2 Å². The van der Waals surface area contributed by atoms with Crippen molar-refractivity contribution >= 4 is 11.8 Å². The molecular weight excluding hydrogens is 344 g/mol. The molecule has 0 fully saturated rings. The molecule has 3 rings (SSSR count). The van der Waals surface area contributed by atoms with E-state index in [1.54, 1.807) is 7.11 Å². The number of ether oxygens (including phenoxy) is 2. The quantitative estimate of drug-likeness (QED) is 0.334. The fourth-order valence-corrected chi connectivity index (χ4v) is 3.66. The molecule has 0 radical (unpaired) electrons. The van der Waals surface area contributed by atoms with Crippen molar-refractivity contribution in [3.63, 3.8) is 0 Å². The molecule has 0 spiro atoms. The SMILES string of the molecule is CCCOCc1coc(-c2ccc(OC)cc2)c1CSc1ccccc1. The van der Waals surface area contributed by atoms with Crippen molar-refractivity contribution in [2.24, 2.45) is 0 Å². The first-order chi connectivity index (χ1) is 12.8. The first kappa shape index (κ1) is 18.6. The summed E-state index contributed by atoms with van der Waals surface area (Å²) in [5.41, 5.74) is 3.36. The minimum absolute atomic E-state index is 0.582. The molecule has 0 N–H and O–H groups in total. The number of hydrogen-bond acceptors (Lipinski definition) is 4. The summed E-state index contributed by atoms with van der Waals surface area (Å²) >= 11 is 1.81. The highest BCUT2D eigenvalue weighted by Crippen LogP contribution is 2.34. The second kappa shape index (κ2) is 9.51. The molecule has 0 aliphatic carbocycles. The zero-order chi connectivity index (χ0) is 18.2. The molecule has 136 valence electrons. The van der Waals surface area contributed by atoms with Crippen molar-refractivity contribution in [2.75, 3.05) is 13.7 Å². The topological polar surface area (TPSA) is 31.6 Å². The number of methoxy groups -OCH3 is 1. The molecule has 0 unspecified atom stereocenters. The van der Waals surface area contributed by atoms with E-state index in [1.807, 2.05) is 48.4 Å². The van der Waals surface area contributed by atoms with Crippen LogP contribution in [-0.4, -0.2) is 13.7 Å². The molecule has 0 saturated heterocycles. The molecule has 0 saturated carbocycles. The average Bonchev–Trinajstić information content (AvgIpc) is 3.10. The van der Waals surface area contributed by atoms with Crippen LogP contribution in [0, 0.1) is 0 Å². The number of hydrogen-bond donors (Lipinski definition) is 0. The van der Waals surface area contributed by atoms with Crippen LogP contribution in [0.4, 0.5) is 0 Å². The molecule has 0 aliphatic rings. The van der Waals surface area contributed by atoms with Crippen LogP contribution in [0.25, 0.3) is 11.3 Å². The molecule has 1 heterocycles. The number of benzene rings is 2. The third kappa shape index (κ3) is 4.71. The van der Waals surface area contributed by atoms with Crippen LogP contribution in [0.5, 0.6) is 5.75 Å². The maximum atomic E-state index is 5.94. The number of thioether (sulfide) groups is 1. The number of rotatable bonds is 9. The summed E-state index contributed by atoms with van der Waals surface area (Å²) in [4.78, 5) is 1.25. The fourth-order valence-electron chi connectivity index (χ4n) is 2.68. The summed E-state index contributed by atoms with van der Waals surface area (Å²) < 4.78 is 17.0. The van der Waals surface area contributed by atoms with Crippen LogP contribution >= 0.6 is 11.8 Å². The van der Waals surface area contributed by atoms with Crippen LogP contribution in [0.3, 0.4) is 0 Å². The lowest BCUT2D eigenvalue weighted by Gasteiger charge is -2.08. The minimum Gasteiger partial charge on any atom is -0.497 e. The van der Waals surface area contributed by atoms with Crippen LogP contribution in [0.2, 0.25) is 0 Å². The Morgan fingerprint density at radius 1 is 1.00 bits per heavy atom. The largest absolute Gasteiger partial charge is 0.497 e. The van der Waals surface area contributed by atoms with E-state index in [0.717, 1.165) is 41.4 Å². The van der Waals surface area contributed by atoms with Crippen molar-refractivity contribution in [3.8, 4) is 17.1 Å². The zero-order valence-electron chi connectivity index (χ0n) is 15.2. The molecule has 2 aromatic carbocycles. The molecule has 4 heteroatoms. The normalized spacial score (nSPS) is 10.8. The highest BCUT2D eigenvalue weighted by molar-refractivity contribution is 7.98. The van der Waals surface area contributed by atoms with Gasteiger partial charge in [0.2, 0.25) is 0 Å². The molecule has 0 bridgehead atoms. The molecular formula is C22H24O3S. The van der Waals surface area contributed by atoms with E-state index in [-0.39, 0.29) is 0 Å². The van der Waals surface area contributed by atoms with Gasteiger partial charge >= 0.3 is 0 Å². The van der Waals surface area contributed by atoms with Gasteiger partial charge in [0.05, 0.1) is 20.0 Å². The lowest BCUT2D eigenvalue weighted by molar-refractivity contribution is 0.120. The Hall–Kier alpha value is -2.17. The molecule has 0 atom stereocenters. The van der Waals surface area contributed by atoms with Crippen molar-refractivity contribution < 1.29 is 13.9 Å². The predicted molar refractivity (Wildman–Crippen MR) is 107 cm³/mol. The van der Waals surface area contributed by atoms with E-state index < -0.39 is 0 Å². The maximum Gasteiger partial charge on any atom is 0.138 e. The lowest BCUT2D eigenvalue weighted by atomic mass is 10.1. The Morgan fingerprint density at radius 2 is 1.77 bits per heavy atom. The van der Waals surface area contributed by atoms with Gasteiger partial charge in [0, 0.05) is 33.9 Å². The summed E-state index contributed by atoms with van der Waals surface area (Å²) in [5.74, 6) is 2.59. The maximum absolute atomic E-state index is 5.94. The van der Waals surface area contributed by atoms with Gasteiger partial charge in [-0.2, -0.15) is 0 Å². The third-order valence-electron chi connectivity index (χ3n) is 4.07. The van der Waals surface area contributed by atoms with E-state index in [1.165, 1.54) is 10.5 Å². The standard InChI is InChI=1S/C22H24O3S/c1-3-13-24-14-18-15-25-22(17-9-11-19(23-2)12-10-17)21(18)16-26-20-7-5-4-6-8-20/h4-12,15H,3,13-14,16H2,1-2H3. The van der Waals surface area contributed by atoms with Gasteiger partial charge in [0.25, 0.3) is 0 Å². The van der Waals surface area contributed by atoms with Gasteiger partial charge in [-0.05, 0) is 42.8 Å². The van der Waals surface area contributed by atoms with E-state index in [2.05, 4.69) is 31.2 Å². The van der Waals surface area contributed by atoms with Crippen LogP contribution in [0.1, 0.15) is 24.5 Å². The highest BCUT2D eigenvalue weighted by atomic mass is 32.2. The summed E-state index contributed by atoms with van der Waals surface area (Å²) in [7, 11) is 1.67. The summed E-state index contributed by atoms with van der Waals surface area (Å²) in [6, 6.07) is 18.4. The van der Waals surface area contributed by atoms with Gasteiger partial charge < -0.3 is 13.9 Å². The van der Waals surface area contributed by atoms with E-state index in [9.17, 15) is 0 Å². The third-order valence-corrected chi connectivity index (χ3v) is 5.10. The van der Waals surface area contributed by atoms with E-state index in [0.29, 0.717) is 6.61 Å². The fraction of sp³-hybridized carbons (Fsp3) is 0.273. The van der Waals surface area contributed by atoms with Crippen molar-refractivity contribution in [1.82, 2.24) is 0 Å². The van der Waals surface area contributed by atoms with Crippen molar-refractivity contribution in [1.29, 1.82) is 0 Å². The average molecular weight is 368 g/mol. The Morgan fingerprint density at radius 3 is 2.46 bits per heavy atom. The molecule has 3 aromatic rings. The number of furan rings is 1. The monoisotopic (exact) mass is 368 g/mol. The highest BCUT2D eigenvalue weighted by Gasteiger charge is 2.16. The summed E-state index contributed by atoms with van der Waals surface area (Å²) in [6.07, 6.45) is 2.84. The first-order valence-electron chi connectivity index (χ1n) is 8.81. The van der Waals surface area contributed by atoms with Gasteiger partial charge in [-0.25, -0.2) is 0 Å². The first-order valence-corrected chi connectivity index (χ1v) is 9.79. The van der Waals surface area contributed by atoms with Gasteiger partial charge in [-0.1, -0.05) is 25.1 Å². The molecule has 0 aliphatic heterocycles. The second-order valence-corrected chi connectivity index (χ2v) is 7.00. The minimum atomic E-state index is 0.582. The Labute approximate surface area is 159 Å². The van der Waals surface area contributed by atoms with E-state index >= 15 is 0 Å². The van der Waals surface area contributed by atoms with Gasteiger partial charge in [-0.15, -0.1) is 11.8 Å². The van der Waals surface area contributed by atoms with Gasteiger partial charge in [-0.3, -0.25) is 0 Å². The second-order valence-electron chi connectivity index (χ2n) is 5.95. The molecule has 0 amide bonds. The van der Waals surface area contributed by atoms with E-state index in [4.69, 9.17) is 13.9 Å². The lowest BCUT2D eigenvalue weighted by Crippen LogP contribution is -1.96.